The van der Waals surface area contributed by atoms with E-state index in [4.69, 9.17) is 0 Å². The smallest absolute Gasteiger partial charge is 0.0376 e. The van der Waals surface area contributed by atoms with Gasteiger partial charge >= 0.3 is 0 Å². The van der Waals surface area contributed by atoms with E-state index in [-0.39, 0.29) is 5.71 Å². The normalized spacial score (nSPS) is 14.6. The predicted octanol–water partition coefficient (Wildman–Crippen LogP) is 2.92. The zero-order valence-electron chi connectivity index (χ0n) is 5.13. The molecule has 0 aromatic rings. The van der Waals surface area contributed by atoms with Crippen molar-refractivity contribution in [3.05, 3.63) is 0 Å². The fourth-order valence-corrected chi connectivity index (χ4v) is 1.66. The molecule has 0 aliphatic heterocycles. The van der Waals surface area contributed by atoms with Crippen LogP contribution in [-0.2, 0) is 0 Å². The molecule has 0 aromatic heterocycles. The lowest BCUT2D eigenvalue weighted by molar-refractivity contribution is 0.709. The third kappa shape index (κ3) is 4.36. The average Bonchev–Trinajstić information content (AvgIpc) is 1.67. The zero-order chi connectivity index (χ0) is 6.57. The second-order valence-electron chi connectivity index (χ2n) is 1.54. The summed E-state index contributed by atoms with van der Waals surface area (Å²) in [6, 6.07) is 0. The lowest BCUT2D eigenvalue weighted by Gasteiger charge is -2.15. The molecule has 4 heteroatoms. The largest absolute Gasteiger partial charge is 0.222 e. The summed E-state index contributed by atoms with van der Waals surface area (Å²) in [7, 11) is 0. The van der Waals surface area contributed by atoms with Gasteiger partial charge in [-0.1, -0.05) is 19.7 Å². The summed E-state index contributed by atoms with van der Waals surface area (Å²) in [6.45, 7) is 5.46. The highest BCUT2D eigenvalue weighted by Crippen LogP contribution is 2.45. The molecule has 0 aliphatic rings. The highest BCUT2D eigenvalue weighted by atomic mass is 127. The molecule has 0 saturated carbocycles. The van der Waals surface area contributed by atoms with E-state index in [1.165, 1.54) is 6.42 Å². The highest BCUT2D eigenvalue weighted by molar-refractivity contribution is 14.2. The molecule has 0 aromatic carbocycles. The Morgan fingerprint density at radius 3 is 2.38 bits per heavy atom. The lowest BCUT2D eigenvalue weighted by Crippen LogP contribution is -2.02. The molecule has 1 unspecified atom stereocenters. The molecule has 0 radical (unpaired) electrons. The van der Waals surface area contributed by atoms with Crippen LogP contribution in [0.25, 0.3) is 0 Å². The van der Waals surface area contributed by atoms with E-state index >= 15 is 0 Å². The molecule has 0 N–H and O–H groups in total. The molecule has 0 spiro atoms. The molecule has 0 bridgehead atoms. The van der Waals surface area contributed by atoms with Gasteiger partial charge in [-0.3, -0.25) is 0 Å². The van der Waals surface area contributed by atoms with Gasteiger partial charge < -0.3 is 0 Å². The Labute approximate surface area is 71.0 Å². The molecule has 1 nitrogen and oxygen atoms in total. The van der Waals surface area contributed by atoms with Gasteiger partial charge in [0.2, 0.25) is 0 Å². The predicted molar refractivity (Wildman–Crippen MR) is 52.8 cm³/mol. The maximum Gasteiger partial charge on any atom is 0.0376 e. The van der Waals surface area contributed by atoms with Gasteiger partial charge in [-0.05, 0) is 35.1 Å². The van der Waals surface area contributed by atoms with Gasteiger partial charge in [-0.15, -0.1) is 0 Å². The third-order valence-electron chi connectivity index (χ3n) is 0.742. The molecule has 0 amide bonds. The van der Waals surface area contributed by atoms with Crippen LogP contribution in [0.4, 0.5) is 0 Å². The number of halogens is 1. The summed E-state index contributed by atoms with van der Waals surface area (Å²) >= 11 is 6.67. The van der Waals surface area contributed by atoms with E-state index in [0.717, 1.165) is 6.54 Å². The molecule has 8 heavy (non-hydrogen) atoms. The number of hydrogen-bond acceptors (Lipinski definition) is 2. The summed E-state index contributed by atoms with van der Waals surface area (Å²) < 4.78 is 2.09. The van der Waals surface area contributed by atoms with Crippen LogP contribution < -0.4 is 0 Å². The van der Waals surface area contributed by atoms with Crippen LogP contribution in [-0.4, -0.2) is 17.3 Å². The van der Waals surface area contributed by atoms with Crippen molar-refractivity contribution in [1.29, 1.82) is 0 Å². The minimum Gasteiger partial charge on any atom is -0.222 e. The van der Waals surface area contributed by atoms with Crippen LogP contribution in [0.3, 0.4) is 0 Å². The second-order valence-corrected chi connectivity index (χ2v) is 7.90. The van der Waals surface area contributed by atoms with Crippen molar-refractivity contribution in [1.82, 2.24) is 4.08 Å². The molecule has 0 rings (SSSR count). The molecule has 0 saturated heterocycles. The van der Waals surface area contributed by atoms with E-state index in [1.54, 1.807) is 0 Å². The quantitative estimate of drug-likeness (QED) is 0.465. The summed E-state index contributed by atoms with van der Waals surface area (Å²) in [4.78, 5) is 0. The van der Waals surface area contributed by atoms with E-state index in [9.17, 15) is 0 Å². The van der Waals surface area contributed by atoms with Crippen molar-refractivity contribution in [3.63, 3.8) is 0 Å². The first-order valence-electron chi connectivity index (χ1n) is 2.54. The van der Waals surface area contributed by atoms with Crippen molar-refractivity contribution >= 4 is 40.6 Å². The Balaban J connectivity index is 3.17. The van der Waals surface area contributed by atoms with Crippen LogP contribution >= 0.6 is 40.6 Å². The van der Waals surface area contributed by atoms with Crippen molar-refractivity contribution in [3.8, 4) is 0 Å². The Morgan fingerprint density at radius 1 is 1.75 bits per heavy atom. The maximum atomic E-state index is 4.26. The number of hydrogen-bond donors (Lipinski definition) is 1. The van der Waals surface area contributed by atoms with E-state index in [0.29, 0.717) is 0 Å². The zero-order valence-corrected chi connectivity index (χ0v) is 9.08. The monoisotopic (exact) mass is 263 g/mol. The van der Waals surface area contributed by atoms with Crippen LogP contribution in [0.5, 0.6) is 0 Å². The fraction of sp³-hybridized carbons (Fsp3) is 1.00. The standard InChI is InChI=1S/C4H11INPS/c1-3-4-6(8)7(2)5/h8H,3-4H2,1-2H3. The van der Waals surface area contributed by atoms with E-state index in [1.807, 2.05) is 0 Å². The van der Waals surface area contributed by atoms with Gasteiger partial charge in [-0.25, -0.2) is 4.08 Å². The molecule has 0 heterocycles. The first-order chi connectivity index (χ1) is 3.68. The Morgan fingerprint density at radius 2 is 2.25 bits per heavy atom. The molecular formula is C4H11INPS. The molecule has 0 aliphatic carbocycles. The first kappa shape index (κ1) is 9.47. The van der Waals surface area contributed by atoms with Crippen molar-refractivity contribution in [2.45, 2.75) is 13.3 Å². The van der Waals surface area contributed by atoms with Crippen LogP contribution in [0.15, 0.2) is 0 Å². The maximum absolute atomic E-state index is 4.26. The summed E-state index contributed by atoms with van der Waals surface area (Å²) in [6.07, 6.45) is 1.19. The minimum absolute atomic E-state index is 0.0000360. The summed E-state index contributed by atoms with van der Waals surface area (Å²) in [5, 5.41) is 0. The summed E-state index contributed by atoms with van der Waals surface area (Å²) in [5.74, 6) is 0. The second kappa shape index (κ2) is 5.27. The average molecular weight is 263 g/mol. The highest BCUT2D eigenvalue weighted by Gasteiger charge is 2.01. The van der Waals surface area contributed by atoms with Gasteiger partial charge in [0.25, 0.3) is 0 Å². The Kier molecular flexibility index (Phi) is 6.24. The van der Waals surface area contributed by atoms with Crippen LogP contribution in [0, 0.1) is 0 Å². The Bertz CT molecular complexity index is 62.0. The number of thiol groups is 1. The van der Waals surface area contributed by atoms with Gasteiger partial charge in [0.15, 0.2) is 0 Å². The number of nitrogens with zero attached hydrogens (tertiary/aromatic N) is 1. The van der Waals surface area contributed by atoms with Crippen molar-refractivity contribution in [2.24, 2.45) is 0 Å². The van der Waals surface area contributed by atoms with Gasteiger partial charge in [0.05, 0.1) is 0 Å². The SMILES string of the molecule is CCCN(S)P(C)I. The molecule has 1 atom stereocenters. The minimum atomic E-state index is -0.0000360. The summed E-state index contributed by atoms with van der Waals surface area (Å²) in [5.41, 5.74) is -0.0000360. The molecule has 0 fully saturated rings. The van der Waals surface area contributed by atoms with Crippen molar-refractivity contribution in [2.75, 3.05) is 13.2 Å². The topological polar surface area (TPSA) is 3.24 Å². The fourth-order valence-electron chi connectivity index (χ4n) is 0.338. The van der Waals surface area contributed by atoms with E-state index in [2.05, 4.69) is 52.5 Å². The van der Waals surface area contributed by atoms with Gasteiger partial charge in [0.1, 0.15) is 0 Å². The van der Waals surface area contributed by atoms with Crippen LogP contribution in [0.2, 0.25) is 0 Å². The van der Waals surface area contributed by atoms with Crippen LogP contribution in [0.1, 0.15) is 13.3 Å². The van der Waals surface area contributed by atoms with Crippen molar-refractivity contribution < 1.29 is 0 Å². The molecule has 50 valence electrons. The molecular weight excluding hydrogens is 252 g/mol. The Hall–Kier alpha value is 1.47. The first-order valence-corrected chi connectivity index (χ1v) is 7.47. The van der Waals surface area contributed by atoms with Gasteiger partial charge in [0, 0.05) is 12.3 Å². The third-order valence-corrected chi connectivity index (χ3v) is 5.17. The van der Waals surface area contributed by atoms with E-state index < -0.39 is 0 Å². The van der Waals surface area contributed by atoms with Gasteiger partial charge in [-0.2, -0.15) is 0 Å². The lowest BCUT2D eigenvalue weighted by atomic mass is 10.5. The number of rotatable bonds is 3.